The first-order valence-corrected chi connectivity index (χ1v) is 7.06. The van der Waals surface area contributed by atoms with Crippen molar-refractivity contribution >= 4 is 42.8 Å². The minimum absolute atomic E-state index is 0.289. The molecule has 88 valence electrons. The number of benzene rings is 1. The monoisotopic (exact) mass is 357 g/mol. The van der Waals surface area contributed by atoms with Crippen molar-refractivity contribution in [1.82, 2.24) is 4.98 Å². The van der Waals surface area contributed by atoms with Crippen LogP contribution in [-0.4, -0.2) is 11.8 Å². The molecule has 2 aromatic rings. The second-order valence-electron chi connectivity index (χ2n) is 3.86. The Bertz CT molecular complexity index is 613. The van der Waals surface area contributed by atoms with Gasteiger partial charge >= 0.3 is 0 Å². The topological polar surface area (TPSA) is 31.4 Å². The maximum absolute atomic E-state index is 5.39. The largest absolute Gasteiger partial charge is 0.454 e. The summed E-state index contributed by atoms with van der Waals surface area (Å²) in [6.07, 6.45) is 0. The standard InChI is InChI=1S/C12H9Br2NO2/c1-6-7-2-10-11(17-5-16-10)3-9(7)15-12(14)8(6)4-13/h2-3H,4-5H2,1H3. The van der Waals surface area contributed by atoms with Crippen LogP contribution in [0.25, 0.3) is 10.9 Å². The lowest BCUT2D eigenvalue weighted by Gasteiger charge is -2.09. The van der Waals surface area contributed by atoms with Crippen LogP contribution in [-0.2, 0) is 5.33 Å². The molecule has 1 aliphatic heterocycles. The molecule has 0 atom stereocenters. The average Bonchev–Trinajstić information content (AvgIpc) is 2.74. The SMILES string of the molecule is Cc1c(CBr)c(Br)nc2cc3c(cc12)OCO3. The molecule has 3 nitrogen and oxygen atoms in total. The summed E-state index contributed by atoms with van der Waals surface area (Å²) in [7, 11) is 0. The molecule has 0 aliphatic carbocycles. The Morgan fingerprint density at radius 3 is 2.71 bits per heavy atom. The summed E-state index contributed by atoms with van der Waals surface area (Å²) in [5, 5.41) is 1.88. The van der Waals surface area contributed by atoms with Crippen molar-refractivity contribution in [2.45, 2.75) is 12.3 Å². The van der Waals surface area contributed by atoms with E-state index in [4.69, 9.17) is 9.47 Å². The lowest BCUT2D eigenvalue weighted by atomic mass is 10.1. The van der Waals surface area contributed by atoms with Crippen molar-refractivity contribution < 1.29 is 9.47 Å². The van der Waals surface area contributed by atoms with Gasteiger partial charge in [0.05, 0.1) is 5.52 Å². The fourth-order valence-electron chi connectivity index (χ4n) is 1.97. The molecule has 1 aliphatic rings. The Morgan fingerprint density at radius 1 is 1.29 bits per heavy atom. The van der Waals surface area contributed by atoms with Gasteiger partial charge in [-0.2, -0.15) is 0 Å². The quantitative estimate of drug-likeness (QED) is 0.571. The number of rotatable bonds is 1. The summed E-state index contributed by atoms with van der Waals surface area (Å²) >= 11 is 6.98. The molecule has 0 bridgehead atoms. The number of halogens is 2. The zero-order chi connectivity index (χ0) is 12.0. The highest BCUT2D eigenvalue weighted by atomic mass is 79.9. The van der Waals surface area contributed by atoms with Crippen LogP contribution >= 0.6 is 31.9 Å². The molecule has 1 aromatic carbocycles. The third-order valence-corrected chi connectivity index (χ3v) is 4.17. The van der Waals surface area contributed by atoms with E-state index in [1.807, 2.05) is 12.1 Å². The van der Waals surface area contributed by atoms with Crippen molar-refractivity contribution in [2.75, 3.05) is 6.79 Å². The van der Waals surface area contributed by atoms with Crippen LogP contribution < -0.4 is 9.47 Å². The van der Waals surface area contributed by atoms with Gasteiger partial charge in [0.1, 0.15) is 4.60 Å². The third-order valence-electron chi connectivity index (χ3n) is 2.95. The van der Waals surface area contributed by atoms with Gasteiger partial charge in [-0.05, 0) is 40.0 Å². The molecule has 0 saturated carbocycles. The zero-order valence-corrected chi connectivity index (χ0v) is 12.3. The van der Waals surface area contributed by atoms with Gasteiger partial charge in [0.2, 0.25) is 6.79 Å². The first-order valence-electron chi connectivity index (χ1n) is 5.15. The molecule has 0 saturated heterocycles. The van der Waals surface area contributed by atoms with Crippen LogP contribution in [0.2, 0.25) is 0 Å². The smallest absolute Gasteiger partial charge is 0.231 e. The molecule has 0 N–H and O–H groups in total. The number of hydrogen-bond acceptors (Lipinski definition) is 3. The van der Waals surface area contributed by atoms with E-state index in [0.717, 1.165) is 37.9 Å². The van der Waals surface area contributed by atoms with E-state index in [2.05, 4.69) is 43.8 Å². The molecule has 5 heteroatoms. The van der Waals surface area contributed by atoms with E-state index < -0.39 is 0 Å². The van der Waals surface area contributed by atoms with Gasteiger partial charge in [-0.1, -0.05) is 15.9 Å². The van der Waals surface area contributed by atoms with Gasteiger partial charge < -0.3 is 9.47 Å². The van der Waals surface area contributed by atoms with Crippen LogP contribution in [0.3, 0.4) is 0 Å². The van der Waals surface area contributed by atoms with Gasteiger partial charge in [-0.3, -0.25) is 0 Å². The number of aryl methyl sites for hydroxylation is 1. The predicted octanol–water partition coefficient (Wildman–Crippen LogP) is 3.93. The van der Waals surface area contributed by atoms with E-state index in [9.17, 15) is 0 Å². The Labute approximate surface area is 115 Å². The van der Waals surface area contributed by atoms with E-state index in [1.165, 1.54) is 5.56 Å². The Hall–Kier alpha value is -0.810. The normalized spacial score (nSPS) is 13.4. The minimum atomic E-state index is 0.289. The summed E-state index contributed by atoms with van der Waals surface area (Å²) in [6, 6.07) is 3.92. The zero-order valence-electron chi connectivity index (χ0n) is 9.09. The van der Waals surface area contributed by atoms with Gasteiger partial charge in [0.15, 0.2) is 11.5 Å². The highest BCUT2D eigenvalue weighted by molar-refractivity contribution is 9.10. The van der Waals surface area contributed by atoms with Gasteiger partial charge in [0, 0.05) is 16.8 Å². The molecular formula is C12H9Br2NO2. The second kappa shape index (κ2) is 4.14. The van der Waals surface area contributed by atoms with E-state index >= 15 is 0 Å². The Morgan fingerprint density at radius 2 is 2.00 bits per heavy atom. The van der Waals surface area contributed by atoms with Gasteiger partial charge in [0.25, 0.3) is 0 Å². The van der Waals surface area contributed by atoms with E-state index in [0.29, 0.717) is 0 Å². The molecular weight excluding hydrogens is 350 g/mol. The van der Waals surface area contributed by atoms with Crippen molar-refractivity contribution in [3.05, 3.63) is 27.9 Å². The molecule has 17 heavy (non-hydrogen) atoms. The fourth-order valence-corrected chi connectivity index (χ4v) is 3.66. The van der Waals surface area contributed by atoms with Crippen LogP contribution in [0, 0.1) is 6.92 Å². The predicted molar refractivity (Wildman–Crippen MR) is 72.9 cm³/mol. The first-order chi connectivity index (χ1) is 8.20. The highest BCUT2D eigenvalue weighted by Crippen LogP contribution is 2.38. The highest BCUT2D eigenvalue weighted by Gasteiger charge is 2.17. The summed E-state index contributed by atoms with van der Waals surface area (Å²) in [5.74, 6) is 1.56. The maximum atomic E-state index is 5.39. The summed E-state index contributed by atoms with van der Waals surface area (Å²) < 4.78 is 11.6. The first kappa shape index (κ1) is 11.3. The maximum Gasteiger partial charge on any atom is 0.231 e. The number of fused-ring (bicyclic) bond motifs is 2. The molecule has 0 amide bonds. The lowest BCUT2D eigenvalue weighted by Crippen LogP contribution is -1.93. The molecule has 1 aromatic heterocycles. The van der Waals surface area contributed by atoms with Crippen LogP contribution in [0.4, 0.5) is 0 Å². The third kappa shape index (κ3) is 1.72. The molecule has 0 unspecified atom stereocenters. The van der Waals surface area contributed by atoms with Crippen LogP contribution in [0.15, 0.2) is 16.7 Å². The summed E-state index contributed by atoms with van der Waals surface area (Å²) in [6.45, 7) is 2.38. The number of ether oxygens (including phenoxy) is 2. The van der Waals surface area contributed by atoms with Crippen molar-refractivity contribution in [2.24, 2.45) is 0 Å². The molecule has 0 radical (unpaired) electrons. The molecule has 0 fully saturated rings. The fraction of sp³-hybridized carbons (Fsp3) is 0.250. The Kier molecular flexibility index (Phi) is 2.75. The number of alkyl halides is 1. The molecule has 3 rings (SSSR count). The number of aromatic nitrogens is 1. The van der Waals surface area contributed by atoms with E-state index in [-0.39, 0.29) is 6.79 Å². The van der Waals surface area contributed by atoms with E-state index in [1.54, 1.807) is 0 Å². The van der Waals surface area contributed by atoms with Gasteiger partial charge in [-0.15, -0.1) is 0 Å². The lowest BCUT2D eigenvalue weighted by molar-refractivity contribution is 0.174. The average molecular weight is 359 g/mol. The summed E-state index contributed by atoms with van der Waals surface area (Å²) in [5.41, 5.74) is 3.29. The van der Waals surface area contributed by atoms with Crippen LogP contribution in [0.5, 0.6) is 11.5 Å². The van der Waals surface area contributed by atoms with Crippen molar-refractivity contribution in [3.63, 3.8) is 0 Å². The molecule has 0 spiro atoms. The van der Waals surface area contributed by atoms with Gasteiger partial charge in [-0.25, -0.2) is 4.98 Å². The van der Waals surface area contributed by atoms with Crippen molar-refractivity contribution in [1.29, 1.82) is 0 Å². The summed E-state index contributed by atoms with van der Waals surface area (Å²) in [4.78, 5) is 4.54. The number of hydrogen-bond donors (Lipinski definition) is 0. The number of nitrogens with zero attached hydrogens (tertiary/aromatic N) is 1. The molecule has 2 heterocycles. The minimum Gasteiger partial charge on any atom is -0.454 e. The van der Waals surface area contributed by atoms with Crippen LogP contribution in [0.1, 0.15) is 11.1 Å². The second-order valence-corrected chi connectivity index (χ2v) is 5.17. The Balaban J connectivity index is 2.36. The van der Waals surface area contributed by atoms with Crippen molar-refractivity contribution in [3.8, 4) is 11.5 Å². The number of pyridine rings is 1.